The van der Waals surface area contributed by atoms with Crippen molar-refractivity contribution < 1.29 is 0 Å². The lowest BCUT2D eigenvalue weighted by Gasteiger charge is -2.08. The molecule has 0 amide bonds. The average Bonchev–Trinajstić information content (AvgIpc) is 2.71. The van der Waals surface area contributed by atoms with Gasteiger partial charge in [-0.1, -0.05) is 19.9 Å². The van der Waals surface area contributed by atoms with Crippen molar-refractivity contribution in [2.75, 3.05) is 5.73 Å². The minimum absolute atomic E-state index is 0.275. The minimum atomic E-state index is 0.275. The maximum absolute atomic E-state index is 5.87. The largest absolute Gasteiger partial charge is 0.398 e. The second-order valence-electron chi connectivity index (χ2n) is 4.14. The molecule has 0 saturated carbocycles. The molecule has 0 spiro atoms. The Labute approximate surface area is 94.3 Å². The molecule has 1 heterocycles. The van der Waals surface area contributed by atoms with E-state index in [0.29, 0.717) is 0 Å². The molecule has 0 atom stereocenters. The molecule has 84 valence electrons. The van der Waals surface area contributed by atoms with Crippen LogP contribution in [0.25, 0.3) is 5.69 Å². The Morgan fingerprint density at radius 3 is 2.69 bits per heavy atom. The summed E-state index contributed by atoms with van der Waals surface area (Å²) in [7, 11) is 0. The normalized spacial score (nSPS) is 11.0. The van der Waals surface area contributed by atoms with Gasteiger partial charge < -0.3 is 5.73 Å². The van der Waals surface area contributed by atoms with Crippen LogP contribution >= 0.6 is 0 Å². The van der Waals surface area contributed by atoms with E-state index in [9.17, 15) is 0 Å². The summed E-state index contributed by atoms with van der Waals surface area (Å²) in [6, 6.07) is 5.82. The van der Waals surface area contributed by atoms with Gasteiger partial charge >= 0.3 is 0 Å². The summed E-state index contributed by atoms with van der Waals surface area (Å²) in [6.07, 6.45) is 0. The maximum Gasteiger partial charge on any atom is 0.159 e. The van der Waals surface area contributed by atoms with Crippen LogP contribution < -0.4 is 5.73 Å². The highest BCUT2D eigenvalue weighted by molar-refractivity contribution is 5.53. The molecule has 5 heteroatoms. The van der Waals surface area contributed by atoms with Gasteiger partial charge in [0.15, 0.2) is 5.82 Å². The second-order valence-corrected chi connectivity index (χ2v) is 4.14. The van der Waals surface area contributed by atoms with Gasteiger partial charge in [-0.05, 0) is 35.0 Å². The summed E-state index contributed by atoms with van der Waals surface area (Å²) in [5.41, 5.74) is 8.58. The molecule has 0 unspecified atom stereocenters. The number of aryl methyl sites for hydroxylation is 1. The topological polar surface area (TPSA) is 69.6 Å². The van der Waals surface area contributed by atoms with Crippen molar-refractivity contribution in [1.29, 1.82) is 0 Å². The highest BCUT2D eigenvalue weighted by Crippen LogP contribution is 2.19. The Morgan fingerprint density at radius 2 is 2.06 bits per heavy atom. The van der Waals surface area contributed by atoms with Crippen molar-refractivity contribution in [3.05, 3.63) is 29.6 Å². The molecule has 0 aliphatic carbocycles. The molecule has 2 N–H and O–H groups in total. The Kier molecular flexibility index (Phi) is 2.60. The van der Waals surface area contributed by atoms with E-state index in [0.717, 1.165) is 22.8 Å². The predicted molar refractivity (Wildman–Crippen MR) is 62.4 cm³/mol. The van der Waals surface area contributed by atoms with E-state index in [1.807, 2.05) is 25.1 Å². The van der Waals surface area contributed by atoms with Gasteiger partial charge in [0, 0.05) is 11.6 Å². The van der Waals surface area contributed by atoms with Crippen molar-refractivity contribution in [3.63, 3.8) is 0 Å². The quantitative estimate of drug-likeness (QED) is 0.777. The molecule has 0 radical (unpaired) electrons. The van der Waals surface area contributed by atoms with Gasteiger partial charge in [0.2, 0.25) is 0 Å². The Balaban J connectivity index is 2.50. The van der Waals surface area contributed by atoms with Gasteiger partial charge in [-0.3, -0.25) is 0 Å². The molecule has 2 rings (SSSR count). The number of hydrogen-bond acceptors (Lipinski definition) is 4. The van der Waals surface area contributed by atoms with Gasteiger partial charge in [0.05, 0.1) is 5.69 Å². The molecule has 0 bridgehead atoms. The van der Waals surface area contributed by atoms with E-state index in [4.69, 9.17) is 5.73 Å². The fourth-order valence-electron chi connectivity index (χ4n) is 1.50. The van der Waals surface area contributed by atoms with Gasteiger partial charge in [-0.15, -0.1) is 5.10 Å². The fourth-order valence-corrected chi connectivity index (χ4v) is 1.50. The lowest BCUT2D eigenvalue weighted by atomic mass is 10.1. The molecule has 5 nitrogen and oxygen atoms in total. The first-order valence-corrected chi connectivity index (χ1v) is 5.24. The van der Waals surface area contributed by atoms with E-state index in [-0.39, 0.29) is 5.92 Å². The van der Waals surface area contributed by atoms with Crippen LogP contribution in [0.4, 0.5) is 5.69 Å². The van der Waals surface area contributed by atoms with E-state index in [1.54, 1.807) is 4.68 Å². The molecular weight excluding hydrogens is 202 g/mol. The van der Waals surface area contributed by atoms with E-state index >= 15 is 0 Å². The average molecular weight is 217 g/mol. The zero-order valence-corrected chi connectivity index (χ0v) is 9.68. The molecule has 1 aromatic heterocycles. The van der Waals surface area contributed by atoms with Crippen LogP contribution in [0.2, 0.25) is 0 Å². The van der Waals surface area contributed by atoms with Crippen LogP contribution in [-0.2, 0) is 0 Å². The zero-order chi connectivity index (χ0) is 11.7. The van der Waals surface area contributed by atoms with Crippen LogP contribution in [0.15, 0.2) is 18.2 Å². The Hall–Kier alpha value is -1.91. The summed E-state index contributed by atoms with van der Waals surface area (Å²) in [5.74, 6) is 1.11. The number of nitrogen functional groups attached to an aromatic ring is 1. The lowest BCUT2D eigenvalue weighted by Crippen LogP contribution is -2.05. The molecule has 0 saturated heterocycles. The van der Waals surface area contributed by atoms with Gasteiger partial charge in [0.25, 0.3) is 0 Å². The van der Waals surface area contributed by atoms with Crippen molar-refractivity contribution in [3.8, 4) is 5.69 Å². The first kappa shape index (κ1) is 10.6. The summed E-state index contributed by atoms with van der Waals surface area (Å²) in [6.45, 7) is 6.08. The highest BCUT2D eigenvalue weighted by Gasteiger charge is 2.11. The number of nitrogens with two attached hydrogens (primary N) is 1. The first-order chi connectivity index (χ1) is 7.59. The minimum Gasteiger partial charge on any atom is -0.398 e. The summed E-state index contributed by atoms with van der Waals surface area (Å²) >= 11 is 0. The molecule has 16 heavy (non-hydrogen) atoms. The fraction of sp³-hybridized carbons (Fsp3) is 0.364. The van der Waals surface area contributed by atoms with Crippen LogP contribution in [0.3, 0.4) is 0 Å². The van der Waals surface area contributed by atoms with E-state index < -0.39 is 0 Å². The van der Waals surface area contributed by atoms with Gasteiger partial charge in [-0.2, -0.15) is 4.68 Å². The number of hydrogen-bond donors (Lipinski definition) is 1. The number of tetrazole rings is 1. The van der Waals surface area contributed by atoms with Gasteiger partial charge in [0.1, 0.15) is 0 Å². The molecular formula is C11H15N5. The van der Waals surface area contributed by atoms with Crippen molar-refractivity contribution in [2.45, 2.75) is 26.7 Å². The Morgan fingerprint density at radius 1 is 1.31 bits per heavy atom. The molecule has 2 aromatic rings. The van der Waals surface area contributed by atoms with Crippen LogP contribution in [0.1, 0.15) is 31.2 Å². The number of aromatic nitrogens is 4. The molecule has 0 aliphatic rings. The number of nitrogens with zero attached hydrogens (tertiary/aromatic N) is 4. The van der Waals surface area contributed by atoms with E-state index in [1.165, 1.54) is 0 Å². The van der Waals surface area contributed by atoms with Gasteiger partial charge in [-0.25, -0.2) is 0 Å². The number of benzene rings is 1. The molecule has 0 fully saturated rings. The Bertz CT molecular complexity index is 501. The van der Waals surface area contributed by atoms with Crippen molar-refractivity contribution >= 4 is 5.69 Å². The molecule has 0 aliphatic heterocycles. The summed E-state index contributed by atoms with van der Waals surface area (Å²) in [5, 5.41) is 11.7. The monoisotopic (exact) mass is 217 g/mol. The third-order valence-corrected chi connectivity index (χ3v) is 2.52. The number of anilines is 1. The second kappa shape index (κ2) is 3.92. The van der Waals surface area contributed by atoms with Crippen LogP contribution in [0.5, 0.6) is 0 Å². The van der Waals surface area contributed by atoms with Crippen LogP contribution in [-0.4, -0.2) is 20.2 Å². The SMILES string of the molecule is Cc1ccc(-n2nnnc2C(C)C)cc1N. The summed E-state index contributed by atoms with van der Waals surface area (Å²) in [4.78, 5) is 0. The molecule has 1 aromatic carbocycles. The first-order valence-electron chi connectivity index (χ1n) is 5.24. The lowest BCUT2D eigenvalue weighted by molar-refractivity contribution is 0.710. The van der Waals surface area contributed by atoms with Crippen LogP contribution in [0, 0.1) is 6.92 Å². The smallest absolute Gasteiger partial charge is 0.159 e. The highest BCUT2D eigenvalue weighted by atomic mass is 15.5. The van der Waals surface area contributed by atoms with Crippen molar-refractivity contribution in [1.82, 2.24) is 20.2 Å². The maximum atomic E-state index is 5.87. The zero-order valence-electron chi connectivity index (χ0n) is 9.68. The summed E-state index contributed by atoms with van der Waals surface area (Å²) < 4.78 is 1.72. The van der Waals surface area contributed by atoms with Crippen molar-refractivity contribution in [2.24, 2.45) is 0 Å². The predicted octanol–water partition coefficient (Wildman–Crippen LogP) is 1.68. The standard InChI is InChI=1S/C11H15N5/c1-7(2)11-13-14-15-16(11)9-5-4-8(3)10(12)6-9/h4-7H,12H2,1-3H3. The van der Waals surface area contributed by atoms with E-state index in [2.05, 4.69) is 29.4 Å². The number of rotatable bonds is 2. The third-order valence-electron chi connectivity index (χ3n) is 2.52. The third kappa shape index (κ3) is 1.76.